The lowest BCUT2D eigenvalue weighted by Gasteiger charge is -2.37. The first-order chi connectivity index (χ1) is 9.13. The van der Waals surface area contributed by atoms with E-state index >= 15 is 0 Å². The number of amides is 1. The van der Waals surface area contributed by atoms with Crippen molar-refractivity contribution in [2.45, 2.75) is 12.3 Å². The van der Waals surface area contributed by atoms with Gasteiger partial charge in [0.15, 0.2) is 0 Å². The highest BCUT2D eigenvalue weighted by molar-refractivity contribution is 6.30. The Labute approximate surface area is 118 Å². The number of ether oxygens (including phenoxy) is 1. The fourth-order valence-corrected chi connectivity index (χ4v) is 2.45. The van der Waals surface area contributed by atoms with E-state index in [-0.39, 0.29) is 5.91 Å². The van der Waals surface area contributed by atoms with Crippen LogP contribution < -0.4 is 9.64 Å². The summed E-state index contributed by atoms with van der Waals surface area (Å²) in [4.78, 5) is 15.9. The van der Waals surface area contributed by atoms with E-state index in [9.17, 15) is 4.79 Å². The molecule has 0 saturated carbocycles. The minimum Gasteiger partial charge on any atom is -0.495 e. The lowest BCUT2D eigenvalue weighted by molar-refractivity contribution is -0.130. The fourth-order valence-electron chi connectivity index (χ4n) is 2.31. The van der Waals surface area contributed by atoms with Gasteiger partial charge in [-0.15, -0.1) is 11.6 Å². The molecule has 1 unspecified atom stereocenters. The number of hydrogen-bond acceptors (Lipinski definition) is 3. The van der Waals surface area contributed by atoms with E-state index in [1.807, 2.05) is 29.2 Å². The van der Waals surface area contributed by atoms with Gasteiger partial charge in [-0.1, -0.05) is 12.1 Å². The van der Waals surface area contributed by atoms with Crippen LogP contribution in [-0.4, -0.2) is 49.5 Å². The molecule has 1 aromatic carbocycles. The number of carbonyl (C=O) groups is 1. The van der Waals surface area contributed by atoms with Crippen molar-refractivity contribution < 1.29 is 9.53 Å². The summed E-state index contributed by atoms with van der Waals surface area (Å²) in [5.41, 5.74) is 1.08. The summed E-state index contributed by atoms with van der Waals surface area (Å²) in [6, 6.07) is 7.95. The molecular weight excluding hydrogens is 264 g/mol. The van der Waals surface area contributed by atoms with E-state index in [2.05, 4.69) is 4.90 Å². The molecule has 0 bridgehead atoms. The molecule has 1 heterocycles. The Morgan fingerprint density at radius 2 is 1.89 bits per heavy atom. The third kappa shape index (κ3) is 3.13. The maximum atomic E-state index is 11.8. The first kappa shape index (κ1) is 14.0. The molecule has 104 valence electrons. The van der Waals surface area contributed by atoms with Crippen molar-refractivity contribution in [1.82, 2.24) is 4.90 Å². The van der Waals surface area contributed by atoms with Crippen LogP contribution in [0.25, 0.3) is 0 Å². The number of alkyl halides is 1. The second-order valence-electron chi connectivity index (χ2n) is 4.60. The van der Waals surface area contributed by atoms with E-state index in [1.165, 1.54) is 0 Å². The van der Waals surface area contributed by atoms with Gasteiger partial charge >= 0.3 is 0 Å². The van der Waals surface area contributed by atoms with Gasteiger partial charge < -0.3 is 14.5 Å². The fraction of sp³-hybridized carbons (Fsp3) is 0.500. The van der Waals surface area contributed by atoms with Crippen molar-refractivity contribution in [1.29, 1.82) is 0 Å². The molecule has 0 aromatic heterocycles. The molecule has 1 saturated heterocycles. The summed E-state index contributed by atoms with van der Waals surface area (Å²) in [5, 5.41) is -0.446. The van der Waals surface area contributed by atoms with Crippen LogP contribution in [0.3, 0.4) is 0 Å². The highest BCUT2D eigenvalue weighted by atomic mass is 35.5. The van der Waals surface area contributed by atoms with Gasteiger partial charge in [-0.2, -0.15) is 0 Å². The third-order valence-electron chi connectivity index (χ3n) is 3.36. The molecule has 19 heavy (non-hydrogen) atoms. The number of hydrogen-bond donors (Lipinski definition) is 0. The first-order valence-electron chi connectivity index (χ1n) is 6.44. The van der Waals surface area contributed by atoms with Gasteiger partial charge in [0.1, 0.15) is 11.1 Å². The highest BCUT2D eigenvalue weighted by Gasteiger charge is 2.24. The summed E-state index contributed by atoms with van der Waals surface area (Å²) in [6.45, 7) is 4.73. The number of halogens is 1. The van der Waals surface area contributed by atoms with E-state index in [0.29, 0.717) is 13.1 Å². The summed E-state index contributed by atoms with van der Waals surface area (Å²) in [6.07, 6.45) is 0. The second kappa shape index (κ2) is 6.15. The molecule has 0 radical (unpaired) electrons. The van der Waals surface area contributed by atoms with Crippen LogP contribution >= 0.6 is 11.6 Å². The van der Waals surface area contributed by atoms with E-state index in [0.717, 1.165) is 24.5 Å². The molecule has 0 spiro atoms. The Hall–Kier alpha value is -1.42. The Balaban J connectivity index is 2.02. The molecule has 5 heteroatoms. The Kier molecular flexibility index (Phi) is 4.53. The van der Waals surface area contributed by atoms with E-state index in [1.54, 1.807) is 14.0 Å². The number of piperazine rings is 1. The summed E-state index contributed by atoms with van der Waals surface area (Å²) in [5.74, 6) is 0.884. The van der Waals surface area contributed by atoms with Crippen molar-refractivity contribution in [2.24, 2.45) is 0 Å². The van der Waals surface area contributed by atoms with E-state index < -0.39 is 5.38 Å². The van der Waals surface area contributed by atoms with Crippen molar-refractivity contribution >= 4 is 23.2 Å². The third-order valence-corrected chi connectivity index (χ3v) is 3.54. The standard InChI is InChI=1S/C14H19ClN2O2/c1-11(15)14(18)17-9-7-16(8-10-17)12-5-3-4-6-13(12)19-2/h3-6,11H,7-10H2,1-2H3. The monoisotopic (exact) mass is 282 g/mol. The summed E-state index contributed by atoms with van der Waals surface area (Å²) < 4.78 is 5.37. The number of nitrogens with zero attached hydrogens (tertiary/aromatic N) is 2. The van der Waals surface area contributed by atoms with Gasteiger partial charge in [0.2, 0.25) is 5.91 Å². The molecule has 1 aromatic rings. The molecule has 4 nitrogen and oxygen atoms in total. The van der Waals surface area contributed by atoms with Gasteiger partial charge in [0.25, 0.3) is 0 Å². The molecule has 1 atom stereocenters. The minimum atomic E-state index is -0.446. The van der Waals surface area contributed by atoms with Crippen LogP contribution in [0.15, 0.2) is 24.3 Å². The van der Waals surface area contributed by atoms with Crippen molar-refractivity contribution in [3.05, 3.63) is 24.3 Å². The average Bonchev–Trinajstić information content (AvgIpc) is 2.46. The number of methoxy groups -OCH3 is 1. The molecule has 2 rings (SSSR count). The number of benzene rings is 1. The maximum Gasteiger partial charge on any atom is 0.240 e. The smallest absolute Gasteiger partial charge is 0.240 e. The molecule has 1 fully saturated rings. The van der Waals surface area contributed by atoms with Gasteiger partial charge in [-0.3, -0.25) is 4.79 Å². The zero-order valence-electron chi connectivity index (χ0n) is 11.3. The second-order valence-corrected chi connectivity index (χ2v) is 5.25. The van der Waals surface area contributed by atoms with Crippen LogP contribution in [0.4, 0.5) is 5.69 Å². The van der Waals surface area contributed by atoms with Crippen LogP contribution in [0.5, 0.6) is 5.75 Å². The van der Waals surface area contributed by atoms with Gasteiger partial charge in [0, 0.05) is 26.2 Å². The number of anilines is 1. The molecule has 0 N–H and O–H groups in total. The Morgan fingerprint density at radius 1 is 1.26 bits per heavy atom. The lowest BCUT2D eigenvalue weighted by Crippen LogP contribution is -2.50. The van der Waals surface area contributed by atoms with Crippen molar-refractivity contribution in [3.8, 4) is 5.75 Å². The first-order valence-corrected chi connectivity index (χ1v) is 6.88. The number of carbonyl (C=O) groups excluding carboxylic acids is 1. The topological polar surface area (TPSA) is 32.8 Å². The van der Waals surface area contributed by atoms with Crippen molar-refractivity contribution in [3.63, 3.8) is 0 Å². The predicted molar refractivity (Wildman–Crippen MR) is 77.1 cm³/mol. The molecule has 1 amide bonds. The average molecular weight is 283 g/mol. The lowest BCUT2D eigenvalue weighted by atomic mass is 10.2. The predicted octanol–water partition coefficient (Wildman–Crippen LogP) is 1.97. The molecule has 1 aliphatic heterocycles. The summed E-state index contributed by atoms with van der Waals surface area (Å²) >= 11 is 5.84. The minimum absolute atomic E-state index is 0.0151. The Morgan fingerprint density at radius 3 is 2.47 bits per heavy atom. The van der Waals surface area contributed by atoms with Crippen LogP contribution in [0, 0.1) is 0 Å². The van der Waals surface area contributed by atoms with Crippen molar-refractivity contribution in [2.75, 3.05) is 38.2 Å². The zero-order valence-corrected chi connectivity index (χ0v) is 12.1. The van der Waals surface area contributed by atoms with E-state index in [4.69, 9.17) is 16.3 Å². The van der Waals surface area contributed by atoms with Crippen LogP contribution in [0.1, 0.15) is 6.92 Å². The van der Waals surface area contributed by atoms with Crippen LogP contribution in [-0.2, 0) is 4.79 Å². The number of rotatable bonds is 3. The molecule has 0 aliphatic carbocycles. The quantitative estimate of drug-likeness (QED) is 0.795. The highest BCUT2D eigenvalue weighted by Crippen LogP contribution is 2.28. The largest absolute Gasteiger partial charge is 0.495 e. The molecule has 1 aliphatic rings. The SMILES string of the molecule is COc1ccccc1N1CCN(C(=O)C(C)Cl)CC1. The van der Waals surface area contributed by atoms with Gasteiger partial charge in [-0.05, 0) is 19.1 Å². The summed E-state index contributed by atoms with van der Waals surface area (Å²) in [7, 11) is 1.67. The van der Waals surface area contributed by atoms with Crippen LogP contribution in [0.2, 0.25) is 0 Å². The Bertz CT molecular complexity index is 443. The van der Waals surface area contributed by atoms with Gasteiger partial charge in [0.05, 0.1) is 12.8 Å². The normalized spacial score (nSPS) is 17.2. The number of para-hydroxylation sites is 2. The zero-order chi connectivity index (χ0) is 13.8. The maximum absolute atomic E-state index is 11.8. The molecular formula is C14H19ClN2O2. The van der Waals surface area contributed by atoms with Gasteiger partial charge in [-0.25, -0.2) is 0 Å².